The topological polar surface area (TPSA) is 34.1 Å². The van der Waals surface area contributed by atoms with Crippen LogP contribution in [0.1, 0.15) is 22.3 Å². The predicted molar refractivity (Wildman–Crippen MR) is 87.7 cm³/mol. The Labute approximate surface area is 136 Å². The maximum Gasteiger partial charge on any atom is 0.114 e. The van der Waals surface area contributed by atoms with Gasteiger partial charge in [-0.05, 0) is 24.6 Å². The second-order valence-corrected chi connectivity index (χ2v) is 6.59. The van der Waals surface area contributed by atoms with Gasteiger partial charge < -0.3 is 10.1 Å². The van der Waals surface area contributed by atoms with Gasteiger partial charge in [-0.25, -0.2) is 4.98 Å². The molecule has 0 saturated heterocycles. The summed E-state index contributed by atoms with van der Waals surface area (Å²) in [5.41, 5.74) is 2.05. The molecule has 108 valence electrons. The highest BCUT2D eigenvalue weighted by atomic mass is 79.9. The SMILES string of the molecule is COCCNC(c1nc(C)cs1)c1ccc(Br)cc1Cl. The van der Waals surface area contributed by atoms with Crippen LogP contribution < -0.4 is 5.32 Å². The molecule has 0 saturated carbocycles. The number of ether oxygens (including phenoxy) is 1. The minimum absolute atomic E-state index is 0.00977. The number of hydrogen-bond donors (Lipinski definition) is 1. The van der Waals surface area contributed by atoms with Crippen molar-refractivity contribution in [3.8, 4) is 0 Å². The van der Waals surface area contributed by atoms with Gasteiger partial charge in [0.15, 0.2) is 0 Å². The van der Waals surface area contributed by atoms with Crippen LogP contribution in [0, 0.1) is 6.92 Å². The van der Waals surface area contributed by atoms with Crippen molar-refractivity contribution >= 4 is 38.9 Å². The molecule has 1 aromatic carbocycles. The Bertz CT molecular complexity index is 576. The van der Waals surface area contributed by atoms with Gasteiger partial charge in [-0.1, -0.05) is 33.6 Å². The molecule has 0 amide bonds. The lowest BCUT2D eigenvalue weighted by Crippen LogP contribution is -2.26. The van der Waals surface area contributed by atoms with Gasteiger partial charge in [-0.15, -0.1) is 11.3 Å². The van der Waals surface area contributed by atoms with E-state index in [1.54, 1.807) is 18.4 Å². The first-order valence-electron chi connectivity index (χ1n) is 6.21. The lowest BCUT2D eigenvalue weighted by molar-refractivity contribution is 0.197. The van der Waals surface area contributed by atoms with Crippen LogP contribution in [0.2, 0.25) is 5.02 Å². The van der Waals surface area contributed by atoms with Gasteiger partial charge in [0.25, 0.3) is 0 Å². The molecule has 0 fully saturated rings. The monoisotopic (exact) mass is 374 g/mol. The number of thiazole rings is 1. The lowest BCUT2D eigenvalue weighted by Gasteiger charge is -2.18. The van der Waals surface area contributed by atoms with Gasteiger partial charge in [0, 0.05) is 34.2 Å². The van der Waals surface area contributed by atoms with E-state index in [-0.39, 0.29) is 6.04 Å². The van der Waals surface area contributed by atoms with Crippen LogP contribution in [0.3, 0.4) is 0 Å². The lowest BCUT2D eigenvalue weighted by atomic mass is 10.1. The molecule has 3 nitrogen and oxygen atoms in total. The fourth-order valence-electron chi connectivity index (χ4n) is 1.88. The van der Waals surface area contributed by atoms with Crippen molar-refractivity contribution in [2.45, 2.75) is 13.0 Å². The van der Waals surface area contributed by atoms with Crippen molar-refractivity contribution in [3.63, 3.8) is 0 Å². The van der Waals surface area contributed by atoms with Crippen molar-refractivity contribution in [2.75, 3.05) is 20.3 Å². The molecule has 1 aromatic heterocycles. The molecule has 1 atom stereocenters. The third kappa shape index (κ3) is 4.02. The summed E-state index contributed by atoms with van der Waals surface area (Å²) in [7, 11) is 1.69. The summed E-state index contributed by atoms with van der Waals surface area (Å²) in [6.07, 6.45) is 0. The fourth-order valence-corrected chi connectivity index (χ4v) is 3.55. The highest BCUT2D eigenvalue weighted by Crippen LogP contribution is 2.31. The molecule has 0 aliphatic rings. The highest BCUT2D eigenvalue weighted by Gasteiger charge is 2.19. The van der Waals surface area contributed by atoms with E-state index in [1.807, 2.05) is 30.5 Å². The molecule has 0 spiro atoms. The number of rotatable bonds is 6. The van der Waals surface area contributed by atoms with Crippen LogP contribution in [0.15, 0.2) is 28.1 Å². The molecule has 0 aliphatic carbocycles. The van der Waals surface area contributed by atoms with E-state index in [2.05, 4.69) is 26.2 Å². The molecule has 0 aliphatic heterocycles. The van der Waals surface area contributed by atoms with Crippen LogP contribution in [-0.2, 0) is 4.74 Å². The summed E-state index contributed by atoms with van der Waals surface area (Å²) >= 11 is 11.4. The van der Waals surface area contributed by atoms with Crippen molar-refractivity contribution in [3.05, 3.63) is 49.3 Å². The molecule has 2 rings (SSSR count). The number of benzene rings is 1. The Balaban J connectivity index is 2.30. The van der Waals surface area contributed by atoms with Crippen LogP contribution in [-0.4, -0.2) is 25.2 Å². The average Bonchev–Trinajstić information content (AvgIpc) is 2.82. The quantitative estimate of drug-likeness (QED) is 0.769. The maximum absolute atomic E-state index is 6.37. The molecule has 6 heteroatoms. The summed E-state index contributed by atoms with van der Waals surface area (Å²) in [6, 6.07) is 5.91. The summed E-state index contributed by atoms with van der Waals surface area (Å²) < 4.78 is 6.07. The highest BCUT2D eigenvalue weighted by molar-refractivity contribution is 9.10. The minimum atomic E-state index is -0.00977. The van der Waals surface area contributed by atoms with Crippen LogP contribution in [0.5, 0.6) is 0 Å². The summed E-state index contributed by atoms with van der Waals surface area (Å²) in [4.78, 5) is 4.57. The van der Waals surface area contributed by atoms with Crippen molar-refractivity contribution < 1.29 is 4.74 Å². The summed E-state index contributed by atoms with van der Waals surface area (Å²) in [5.74, 6) is 0. The van der Waals surface area contributed by atoms with E-state index in [9.17, 15) is 0 Å². The second-order valence-electron chi connectivity index (χ2n) is 4.37. The van der Waals surface area contributed by atoms with Crippen LogP contribution >= 0.6 is 38.9 Å². The zero-order valence-electron chi connectivity index (χ0n) is 11.3. The molecular formula is C14H16BrClN2OS. The smallest absolute Gasteiger partial charge is 0.114 e. The molecule has 1 N–H and O–H groups in total. The number of hydrogen-bond acceptors (Lipinski definition) is 4. The first-order valence-corrected chi connectivity index (χ1v) is 8.26. The third-order valence-corrected chi connectivity index (χ3v) is 4.66. The molecule has 0 bridgehead atoms. The summed E-state index contributed by atoms with van der Waals surface area (Å²) in [6.45, 7) is 3.39. The van der Waals surface area contributed by atoms with E-state index >= 15 is 0 Å². The Kier molecular flexibility index (Phi) is 5.99. The Hall–Kier alpha value is -0.460. The minimum Gasteiger partial charge on any atom is -0.383 e. The number of halogens is 2. The number of methoxy groups -OCH3 is 1. The predicted octanol–water partition coefficient (Wildman–Crippen LogP) is 4.19. The van der Waals surface area contributed by atoms with Crippen LogP contribution in [0.4, 0.5) is 0 Å². The second kappa shape index (κ2) is 7.52. The number of nitrogens with zero attached hydrogens (tertiary/aromatic N) is 1. The van der Waals surface area contributed by atoms with Gasteiger partial charge in [-0.2, -0.15) is 0 Å². The van der Waals surface area contributed by atoms with E-state index in [1.165, 1.54) is 0 Å². The standard InChI is InChI=1S/C14H16BrClN2OS/c1-9-8-20-14(18-9)13(17-5-6-19-2)11-4-3-10(15)7-12(11)16/h3-4,7-8,13,17H,5-6H2,1-2H3. The van der Waals surface area contributed by atoms with Gasteiger partial charge in [0.1, 0.15) is 5.01 Å². The third-order valence-electron chi connectivity index (χ3n) is 2.81. The Morgan fingerprint density at radius 1 is 1.50 bits per heavy atom. The van der Waals surface area contributed by atoms with Crippen LogP contribution in [0.25, 0.3) is 0 Å². The van der Waals surface area contributed by atoms with E-state index in [0.29, 0.717) is 6.61 Å². The van der Waals surface area contributed by atoms with Gasteiger partial charge >= 0.3 is 0 Å². The first kappa shape index (κ1) is 15.9. The fraction of sp³-hybridized carbons (Fsp3) is 0.357. The molecule has 1 heterocycles. The molecule has 20 heavy (non-hydrogen) atoms. The zero-order valence-corrected chi connectivity index (χ0v) is 14.5. The molecule has 0 radical (unpaired) electrons. The number of nitrogens with one attached hydrogen (secondary N) is 1. The van der Waals surface area contributed by atoms with E-state index < -0.39 is 0 Å². The molecule has 2 aromatic rings. The zero-order chi connectivity index (χ0) is 14.5. The molecule has 1 unspecified atom stereocenters. The first-order chi connectivity index (χ1) is 9.61. The van der Waals surface area contributed by atoms with Gasteiger partial charge in [0.2, 0.25) is 0 Å². The maximum atomic E-state index is 6.37. The number of aromatic nitrogens is 1. The van der Waals surface area contributed by atoms with Crippen molar-refractivity contribution in [2.24, 2.45) is 0 Å². The largest absolute Gasteiger partial charge is 0.383 e. The summed E-state index contributed by atoms with van der Waals surface area (Å²) in [5, 5.41) is 7.24. The normalized spacial score (nSPS) is 12.6. The van der Waals surface area contributed by atoms with Crippen molar-refractivity contribution in [1.29, 1.82) is 0 Å². The molecular weight excluding hydrogens is 360 g/mol. The van der Waals surface area contributed by atoms with Crippen molar-refractivity contribution in [1.82, 2.24) is 10.3 Å². The number of aryl methyl sites for hydroxylation is 1. The average molecular weight is 376 g/mol. The van der Waals surface area contributed by atoms with Gasteiger partial charge in [-0.3, -0.25) is 0 Å². The van der Waals surface area contributed by atoms with Gasteiger partial charge in [0.05, 0.1) is 12.6 Å². The Morgan fingerprint density at radius 3 is 2.90 bits per heavy atom. The van der Waals surface area contributed by atoms with E-state index in [4.69, 9.17) is 16.3 Å². The Morgan fingerprint density at radius 2 is 2.30 bits per heavy atom. The van der Waals surface area contributed by atoms with E-state index in [0.717, 1.165) is 32.3 Å².